The number of nitrogens with one attached hydrogen (secondary N) is 1. The molecular formula is C35H40ClFN2S. The average molecular weight is 575 g/mol. The van der Waals surface area contributed by atoms with Crippen molar-refractivity contribution in [2.75, 3.05) is 6.54 Å². The summed E-state index contributed by atoms with van der Waals surface area (Å²) in [4.78, 5) is 3.70. The number of halogens is 2. The normalized spacial score (nSPS) is 13.2. The molecule has 3 aromatic carbocycles. The Labute approximate surface area is 249 Å². The van der Waals surface area contributed by atoms with Gasteiger partial charge in [-0.05, 0) is 106 Å². The zero-order valence-corrected chi connectivity index (χ0v) is 25.8. The van der Waals surface area contributed by atoms with E-state index in [9.17, 15) is 4.39 Å². The molecule has 1 atom stereocenters. The van der Waals surface area contributed by atoms with Crippen molar-refractivity contribution in [1.29, 1.82) is 0 Å². The number of hydrogen-bond acceptors (Lipinski definition) is 3. The van der Waals surface area contributed by atoms with E-state index < -0.39 is 0 Å². The standard InChI is InChI=1S/C35H40ClFN2S/c1-7-25(3)35(40-28(6)27(5)38-26(4)22-32-10-9-11-34(37)23-32)39(24-31-16-18-33(36)19-17-31)21-20-30-14-12-29(8-2)13-15-30/h2,9-19,23,26,38H,7,20-22,24H2,1,3-6H3/b28-27+,35-25?. The summed E-state index contributed by atoms with van der Waals surface area (Å²) in [6.45, 7) is 12.5. The van der Waals surface area contributed by atoms with Gasteiger partial charge in [-0.1, -0.05) is 72.6 Å². The molecule has 0 saturated heterocycles. The van der Waals surface area contributed by atoms with Gasteiger partial charge in [-0.2, -0.15) is 0 Å². The smallest absolute Gasteiger partial charge is 0.123 e. The lowest BCUT2D eigenvalue weighted by molar-refractivity contribution is 0.360. The number of hydrogen-bond donors (Lipinski definition) is 1. The minimum Gasteiger partial charge on any atom is -0.385 e. The van der Waals surface area contributed by atoms with Gasteiger partial charge in [0.1, 0.15) is 5.82 Å². The summed E-state index contributed by atoms with van der Waals surface area (Å²) in [5.74, 6) is 2.51. The van der Waals surface area contributed by atoms with Crippen LogP contribution >= 0.6 is 23.4 Å². The van der Waals surface area contributed by atoms with E-state index in [0.717, 1.165) is 54.2 Å². The lowest BCUT2D eigenvalue weighted by Crippen LogP contribution is -2.28. The third kappa shape index (κ3) is 9.81. The molecule has 0 aliphatic rings. The van der Waals surface area contributed by atoms with Gasteiger partial charge in [0, 0.05) is 40.3 Å². The van der Waals surface area contributed by atoms with Crippen LogP contribution in [0.25, 0.3) is 0 Å². The van der Waals surface area contributed by atoms with Gasteiger partial charge in [-0.15, -0.1) is 6.42 Å². The molecule has 0 spiro atoms. The van der Waals surface area contributed by atoms with Crippen LogP contribution in [-0.4, -0.2) is 17.5 Å². The molecule has 5 heteroatoms. The van der Waals surface area contributed by atoms with Crippen LogP contribution in [0.2, 0.25) is 5.02 Å². The van der Waals surface area contributed by atoms with Gasteiger partial charge in [-0.3, -0.25) is 0 Å². The van der Waals surface area contributed by atoms with Crippen LogP contribution in [0.15, 0.2) is 94.0 Å². The van der Waals surface area contributed by atoms with Crippen molar-refractivity contribution in [2.45, 2.75) is 66.5 Å². The molecule has 0 amide bonds. The second kappa shape index (κ2) is 15.6. The molecule has 0 aromatic heterocycles. The average Bonchev–Trinajstić information content (AvgIpc) is 2.94. The summed E-state index contributed by atoms with van der Waals surface area (Å²) >= 11 is 8.00. The number of allylic oxidation sites excluding steroid dienone is 3. The fourth-order valence-corrected chi connectivity index (χ4v) is 5.66. The first-order valence-electron chi connectivity index (χ1n) is 13.8. The molecule has 0 saturated carbocycles. The van der Waals surface area contributed by atoms with Gasteiger partial charge in [0.25, 0.3) is 0 Å². The van der Waals surface area contributed by atoms with E-state index in [1.807, 2.05) is 42.1 Å². The third-order valence-electron chi connectivity index (χ3n) is 6.93. The Morgan fingerprint density at radius 3 is 2.30 bits per heavy atom. The van der Waals surface area contributed by atoms with Gasteiger partial charge < -0.3 is 10.2 Å². The Bertz CT molecular complexity index is 1350. The predicted molar refractivity (Wildman–Crippen MR) is 172 cm³/mol. The number of rotatable bonds is 13. The maximum absolute atomic E-state index is 13.7. The van der Waals surface area contributed by atoms with Crippen molar-refractivity contribution in [3.05, 3.63) is 127 Å². The molecule has 0 aliphatic carbocycles. The number of benzene rings is 3. The van der Waals surface area contributed by atoms with Crippen molar-refractivity contribution >= 4 is 23.4 Å². The molecule has 0 aliphatic heterocycles. The molecular weight excluding hydrogens is 535 g/mol. The minimum absolute atomic E-state index is 0.174. The quantitative estimate of drug-likeness (QED) is 0.205. The van der Waals surface area contributed by atoms with Crippen LogP contribution in [0, 0.1) is 18.2 Å². The molecule has 1 unspecified atom stereocenters. The van der Waals surface area contributed by atoms with E-state index >= 15 is 0 Å². The zero-order chi connectivity index (χ0) is 29.1. The van der Waals surface area contributed by atoms with Crippen LogP contribution in [-0.2, 0) is 19.4 Å². The van der Waals surface area contributed by atoms with E-state index in [4.69, 9.17) is 18.0 Å². The summed E-state index contributed by atoms with van der Waals surface area (Å²) in [6, 6.07) is 23.4. The first-order valence-corrected chi connectivity index (χ1v) is 15.0. The van der Waals surface area contributed by atoms with Crippen molar-refractivity contribution < 1.29 is 4.39 Å². The van der Waals surface area contributed by atoms with Crippen molar-refractivity contribution in [3.63, 3.8) is 0 Å². The summed E-state index contributed by atoms with van der Waals surface area (Å²) in [5.41, 5.74) is 6.84. The van der Waals surface area contributed by atoms with Crippen molar-refractivity contribution in [3.8, 4) is 12.3 Å². The Morgan fingerprint density at radius 2 is 1.68 bits per heavy atom. The lowest BCUT2D eigenvalue weighted by atomic mass is 10.1. The molecule has 2 nitrogen and oxygen atoms in total. The molecule has 0 bridgehead atoms. The maximum atomic E-state index is 13.7. The van der Waals surface area contributed by atoms with Crippen LogP contribution < -0.4 is 5.32 Å². The minimum atomic E-state index is -0.193. The molecule has 210 valence electrons. The summed E-state index contributed by atoms with van der Waals surface area (Å²) in [6.07, 6.45) is 8.18. The highest BCUT2D eigenvalue weighted by Gasteiger charge is 2.17. The van der Waals surface area contributed by atoms with E-state index in [-0.39, 0.29) is 11.9 Å². The number of terminal acetylenes is 1. The lowest BCUT2D eigenvalue weighted by Gasteiger charge is -2.30. The molecule has 3 rings (SSSR count). The fraction of sp³-hybridized carbons (Fsp3) is 0.314. The molecule has 40 heavy (non-hydrogen) atoms. The van der Waals surface area contributed by atoms with E-state index in [0.29, 0.717) is 0 Å². The van der Waals surface area contributed by atoms with Gasteiger partial charge >= 0.3 is 0 Å². The second-order valence-corrected chi connectivity index (χ2v) is 11.9. The van der Waals surface area contributed by atoms with Crippen molar-refractivity contribution in [1.82, 2.24) is 10.2 Å². The molecule has 0 heterocycles. The highest BCUT2D eigenvalue weighted by molar-refractivity contribution is 8.06. The number of thioether (sulfide) groups is 1. The maximum Gasteiger partial charge on any atom is 0.123 e. The Hall–Kier alpha value is -3.13. The number of nitrogens with zero attached hydrogens (tertiary/aromatic N) is 1. The summed E-state index contributed by atoms with van der Waals surface area (Å²) in [7, 11) is 0. The third-order valence-corrected chi connectivity index (χ3v) is 8.60. The van der Waals surface area contributed by atoms with Gasteiger partial charge in [-0.25, -0.2) is 4.39 Å². The first kappa shape index (κ1) is 31.4. The largest absolute Gasteiger partial charge is 0.385 e. The molecule has 0 fully saturated rings. The van der Waals surface area contributed by atoms with Crippen LogP contribution in [0.3, 0.4) is 0 Å². The van der Waals surface area contributed by atoms with Gasteiger partial charge in [0.05, 0.1) is 5.03 Å². The molecule has 0 radical (unpaired) electrons. The Kier molecular flexibility index (Phi) is 12.2. The van der Waals surface area contributed by atoms with Gasteiger partial charge in [0.15, 0.2) is 0 Å². The Balaban J connectivity index is 1.82. The Morgan fingerprint density at radius 1 is 1.00 bits per heavy atom. The first-order chi connectivity index (χ1) is 19.2. The second-order valence-electron chi connectivity index (χ2n) is 10.2. The highest BCUT2D eigenvalue weighted by atomic mass is 35.5. The highest BCUT2D eigenvalue weighted by Crippen LogP contribution is 2.34. The fourth-order valence-electron chi connectivity index (χ4n) is 4.43. The van der Waals surface area contributed by atoms with Crippen LogP contribution in [0.1, 0.15) is 63.3 Å². The van der Waals surface area contributed by atoms with Crippen LogP contribution in [0.5, 0.6) is 0 Å². The topological polar surface area (TPSA) is 15.3 Å². The van der Waals surface area contributed by atoms with Gasteiger partial charge in [0.2, 0.25) is 0 Å². The predicted octanol–water partition coefficient (Wildman–Crippen LogP) is 9.35. The SMILES string of the molecule is C#Cc1ccc(CCN(Cc2ccc(Cl)cc2)C(S/C(C)=C(\C)NC(C)Cc2cccc(F)c2)=C(C)CC)cc1. The zero-order valence-electron chi connectivity index (χ0n) is 24.2. The van der Waals surface area contributed by atoms with E-state index in [1.54, 1.807) is 12.1 Å². The summed E-state index contributed by atoms with van der Waals surface area (Å²) in [5, 5.41) is 5.65. The molecule has 1 N–H and O–H groups in total. The monoisotopic (exact) mass is 574 g/mol. The van der Waals surface area contributed by atoms with Crippen LogP contribution in [0.4, 0.5) is 4.39 Å². The van der Waals surface area contributed by atoms with Crippen molar-refractivity contribution in [2.24, 2.45) is 0 Å². The van der Waals surface area contributed by atoms with E-state index in [1.165, 1.54) is 32.7 Å². The molecule has 3 aromatic rings. The summed E-state index contributed by atoms with van der Waals surface area (Å²) < 4.78 is 13.7. The van der Waals surface area contributed by atoms with E-state index in [2.05, 4.69) is 75.0 Å².